The molecule has 1 aliphatic rings. The Labute approximate surface area is 168 Å². The maximum Gasteiger partial charge on any atom is 0.222 e. The number of rotatable bonds is 11. The zero-order valence-electron chi connectivity index (χ0n) is 17.4. The largest absolute Gasteiger partial charge is 0.493 e. The molecule has 1 aromatic rings. The molecule has 2 N–H and O–H groups in total. The Hall–Kier alpha value is -2.44. The third-order valence-corrected chi connectivity index (χ3v) is 4.75. The number of amides is 1. The molecule has 0 aliphatic carbocycles. The summed E-state index contributed by atoms with van der Waals surface area (Å²) in [5.74, 6) is 2.63. The van der Waals surface area contributed by atoms with Gasteiger partial charge in [-0.1, -0.05) is 6.07 Å². The summed E-state index contributed by atoms with van der Waals surface area (Å²) >= 11 is 0. The maximum atomic E-state index is 11.6. The molecule has 0 atom stereocenters. The summed E-state index contributed by atoms with van der Waals surface area (Å²) < 4.78 is 10.6. The molecular formula is C21H34N4O3. The van der Waals surface area contributed by atoms with E-state index in [1.807, 2.05) is 17.0 Å². The van der Waals surface area contributed by atoms with Gasteiger partial charge in [0.05, 0.1) is 14.2 Å². The molecule has 7 nitrogen and oxygen atoms in total. The number of carbonyl (C=O) groups is 1. The van der Waals surface area contributed by atoms with Crippen LogP contribution in [0.25, 0.3) is 0 Å². The van der Waals surface area contributed by atoms with Crippen LogP contribution in [0.4, 0.5) is 0 Å². The highest BCUT2D eigenvalue weighted by Crippen LogP contribution is 2.27. The fourth-order valence-corrected chi connectivity index (χ4v) is 3.27. The van der Waals surface area contributed by atoms with Crippen molar-refractivity contribution in [2.75, 3.05) is 46.9 Å². The molecular weight excluding hydrogens is 356 g/mol. The van der Waals surface area contributed by atoms with E-state index in [4.69, 9.17) is 9.47 Å². The number of nitrogens with one attached hydrogen (secondary N) is 2. The van der Waals surface area contributed by atoms with Crippen LogP contribution in [0.5, 0.6) is 11.5 Å². The minimum atomic E-state index is 0.282. The van der Waals surface area contributed by atoms with Gasteiger partial charge in [0.1, 0.15) is 0 Å². The van der Waals surface area contributed by atoms with Gasteiger partial charge in [-0.3, -0.25) is 9.79 Å². The molecule has 7 heteroatoms. The predicted octanol–water partition coefficient (Wildman–Crippen LogP) is 2.20. The molecule has 0 unspecified atom stereocenters. The first kappa shape index (κ1) is 21.9. The summed E-state index contributed by atoms with van der Waals surface area (Å²) in [5.41, 5.74) is 1.22. The second-order valence-corrected chi connectivity index (χ2v) is 6.82. The van der Waals surface area contributed by atoms with Crippen molar-refractivity contribution in [3.8, 4) is 11.5 Å². The first-order chi connectivity index (χ1) is 13.7. The molecule has 1 aliphatic heterocycles. The summed E-state index contributed by atoms with van der Waals surface area (Å²) in [4.78, 5) is 18.2. The maximum absolute atomic E-state index is 11.6. The lowest BCUT2D eigenvalue weighted by atomic mass is 10.1. The molecule has 1 amide bonds. The topological polar surface area (TPSA) is 75.2 Å². The van der Waals surface area contributed by atoms with Gasteiger partial charge in [0.2, 0.25) is 5.91 Å². The average molecular weight is 391 g/mol. The van der Waals surface area contributed by atoms with E-state index in [9.17, 15) is 4.79 Å². The normalized spacial score (nSPS) is 14.3. The van der Waals surface area contributed by atoms with Crippen LogP contribution in [-0.4, -0.2) is 63.7 Å². The Kier molecular flexibility index (Phi) is 9.45. The van der Waals surface area contributed by atoms with Crippen molar-refractivity contribution >= 4 is 11.9 Å². The Morgan fingerprint density at radius 2 is 2.00 bits per heavy atom. The second kappa shape index (κ2) is 12.1. The summed E-state index contributed by atoms with van der Waals surface area (Å²) in [5, 5.41) is 6.66. The lowest BCUT2D eigenvalue weighted by molar-refractivity contribution is -0.127. The summed E-state index contributed by atoms with van der Waals surface area (Å²) in [6, 6.07) is 6.04. The van der Waals surface area contributed by atoms with E-state index in [-0.39, 0.29) is 5.91 Å². The van der Waals surface area contributed by atoms with E-state index in [0.717, 1.165) is 75.9 Å². The number of ether oxygens (including phenoxy) is 2. The number of benzene rings is 1. The number of guanidine groups is 1. The van der Waals surface area contributed by atoms with E-state index in [1.54, 1.807) is 14.2 Å². The highest BCUT2D eigenvalue weighted by Gasteiger charge is 2.18. The van der Waals surface area contributed by atoms with Gasteiger partial charge in [-0.05, 0) is 50.3 Å². The van der Waals surface area contributed by atoms with Crippen LogP contribution < -0.4 is 20.1 Å². The Morgan fingerprint density at radius 3 is 2.68 bits per heavy atom. The number of methoxy groups -OCH3 is 2. The molecule has 1 heterocycles. The number of nitrogens with zero attached hydrogens (tertiary/aromatic N) is 2. The van der Waals surface area contributed by atoms with Gasteiger partial charge >= 0.3 is 0 Å². The van der Waals surface area contributed by atoms with E-state index in [0.29, 0.717) is 6.42 Å². The highest BCUT2D eigenvalue weighted by atomic mass is 16.5. The first-order valence-electron chi connectivity index (χ1n) is 10.2. The van der Waals surface area contributed by atoms with Gasteiger partial charge in [0.15, 0.2) is 17.5 Å². The number of hydrogen-bond donors (Lipinski definition) is 2. The highest BCUT2D eigenvalue weighted by molar-refractivity contribution is 5.79. The van der Waals surface area contributed by atoms with Crippen LogP contribution in [-0.2, 0) is 11.2 Å². The molecule has 0 bridgehead atoms. The third kappa shape index (κ3) is 6.94. The Bertz CT molecular complexity index is 649. The molecule has 1 aromatic carbocycles. The minimum absolute atomic E-state index is 0.282. The van der Waals surface area contributed by atoms with Crippen LogP contribution in [0.1, 0.15) is 38.2 Å². The van der Waals surface area contributed by atoms with Crippen molar-refractivity contribution in [1.82, 2.24) is 15.5 Å². The first-order valence-corrected chi connectivity index (χ1v) is 10.2. The standard InChI is InChI=1S/C21H34N4O3/c1-4-22-21(24-13-7-15-25-14-6-9-20(25)26)23-12-5-8-17-10-11-18(27-2)19(16-17)28-3/h10-11,16H,4-9,12-15H2,1-3H3,(H2,22,23,24). The second-order valence-electron chi connectivity index (χ2n) is 6.82. The molecule has 156 valence electrons. The van der Waals surface area contributed by atoms with Gasteiger partial charge < -0.3 is 25.0 Å². The molecule has 2 rings (SSSR count). The van der Waals surface area contributed by atoms with Gasteiger partial charge in [0, 0.05) is 39.1 Å². The van der Waals surface area contributed by atoms with E-state index in [2.05, 4.69) is 28.6 Å². The number of aryl methyl sites for hydroxylation is 1. The number of likely N-dealkylation sites (tertiary alicyclic amines) is 1. The average Bonchev–Trinajstić information content (AvgIpc) is 3.12. The van der Waals surface area contributed by atoms with Crippen LogP contribution in [0.3, 0.4) is 0 Å². The number of aliphatic imine (C=N–C) groups is 1. The zero-order chi connectivity index (χ0) is 20.2. The van der Waals surface area contributed by atoms with Gasteiger partial charge in [-0.15, -0.1) is 0 Å². The van der Waals surface area contributed by atoms with Gasteiger partial charge in [-0.25, -0.2) is 0 Å². The SMILES string of the molecule is CCNC(=NCCCN1CCCC1=O)NCCCc1ccc(OC)c(OC)c1. The monoisotopic (exact) mass is 390 g/mol. The molecule has 0 radical (unpaired) electrons. The van der Waals surface area contributed by atoms with Gasteiger partial charge in [-0.2, -0.15) is 0 Å². The van der Waals surface area contributed by atoms with Crippen molar-refractivity contribution in [1.29, 1.82) is 0 Å². The van der Waals surface area contributed by atoms with Crippen molar-refractivity contribution in [2.24, 2.45) is 4.99 Å². The molecule has 0 aromatic heterocycles. The smallest absolute Gasteiger partial charge is 0.222 e. The van der Waals surface area contributed by atoms with Crippen LogP contribution in [0, 0.1) is 0 Å². The minimum Gasteiger partial charge on any atom is -0.493 e. The van der Waals surface area contributed by atoms with Crippen molar-refractivity contribution < 1.29 is 14.3 Å². The van der Waals surface area contributed by atoms with Crippen LogP contribution >= 0.6 is 0 Å². The van der Waals surface area contributed by atoms with E-state index >= 15 is 0 Å². The van der Waals surface area contributed by atoms with Crippen molar-refractivity contribution in [3.63, 3.8) is 0 Å². The lowest BCUT2D eigenvalue weighted by Gasteiger charge is -2.15. The molecule has 0 saturated carbocycles. The van der Waals surface area contributed by atoms with E-state index in [1.165, 1.54) is 5.56 Å². The third-order valence-electron chi connectivity index (χ3n) is 4.75. The Morgan fingerprint density at radius 1 is 1.18 bits per heavy atom. The molecule has 1 fully saturated rings. The predicted molar refractivity (Wildman–Crippen MR) is 112 cm³/mol. The molecule has 28 heavy (non-hydrogen) atoms. The number of hydrogen-bond acceptors (Lipinski definition) is 4. The Balaban J connectivity index is 1.71. The summed E-state index contributed by atoms with van der Waals surface area (Å²) in [7, 11) is 3.30. The van der Waals surface area contributed by atoms with Crippen LogP contribution in [0.2, 0.25) is 0 Å². The zero-order valence-corrected chi connectivity index (χ0v) is 17.4. The van der Waals surface area contributed by atoms with E-state index < -0.39 is 0 Å². The molecule has 1 saturated heterocycles. The fraction of sp³-hybridized carbons (Fsp3) is 0.619. The summed E-state index contributed by atoms with van der Waals surface area (Å²) in [6.07, 6.45) is 4.53. The van der Waals surface area contributed by atoms with Gasteiger partial charge in [0.25, 0.3) is 0 Å². The fourth-order valence-electron chi connectivity index (χ4n) is 3.27. The van der Waals surface area contributed by atoms with Crippen LogP contribution in [0.15, 0.2) is 23.2 Å². The quantitative estimate of drug-likeness (QED) is 0.344. The molecule has 0 spiro atoms. The number of carbonyl (C=O) groups excluding carboxylic acids is 1. The summed E-state index contributed by atoms with van der Waals surface area (Å²) in [6.45, 7) is 6.15. The van der Waals surface area contributed by atoms with Crippen molar-refractivity contribution in [3.05, 3.63) is 23.8 Å². The van der Waals surface area contributed by atoms with Crippen molar-refractivity contribution in [2.45, 2.75) is 39.0 Å². The lowest BCUT2D eigenvalue weighted by Crippen LogP contribution is -2.38.